The fraction of sp³-hybridized carbons (Fsp3) is 0.0526. The van der Waals surface area contributed by atoms with Gasteiger partial charge in [-0.15, -0.1) is 0 Å². The molecule has 3 rings (SSSR count). The number of pyridine rings is 1. The number of carbonyl (C=O) groups is 1. The molecule has 0 bridgehead atoms. The number of carboxylic acids is 1. The van der Waals surface area contributed by atoms with Crippen LogP contribution in [-0.4, -0.2) is 36.7 Å². The first-order valence-electron chi connectivity index (χ1n) is 8.21. The summed E-state index contributed by atoms with van der Waals surface area (Å²) in [5.41, 5.74) is -0.448. The lowest BCUT2D eigenvalue weighted by Crippen LogP contribution is -2.14. The van der Waals surface area contributed by atoms with Gasteiger partial charge in [-0.3, -0.25) is 4.72 Å². The fourth-order valence-electron chi connectivity index (χ4n) is 2.63. The molecule has 30 heavy (non-hydrogen) atoms. The van der Waals surface area contributed by atoms with Crippen molar-refractivity contribution in [2.24, 2.45) is 0 Å². The van der Waals surface area contributed by atoms with Crippen LogP contribution in [0.2, 0.25) is 5.15 Å². The van der Waals surface area contributed by atoms with Crippen LogP contribution in [0.5, 0.6) is 11.5 Å². The molecule has 1 heterocycles. The first kappa shape index (κ1) is 21.3. The Labute approximate surface area is 175 Å². The number of benzene rings is 2. The molecule has 0 radical (unpaired) electrons. The number of sulfonamides is 1. The molecule has 3 N–H and O–H groups in total. The van der Waals surface area contributed by atoms with E-state index in [0.717, 1.165) is 24.4 Å². The van der Waals surface area contributed by atoms with Gasteiger partial charge in [0.25, 0.3) is 10.0 Å². The Morgan fingerprint density at radius 1 is 1.20 bits per heavy atom. The van der Waals surface area contributed by atoms with Gasteiger partial charge in [0.1, 0.15) is 21.4 Å². The second-order valence-electron chi connectivity index (χ2n) is 5.97. The molecule has 3 aromatic rings. The molecule has 2 aromatic carbocycles. The van der Waals surface area contributed by atoms with Gasteiger partial charge in [-0.05, 0) is 24.3 Å². The predicted molar refractivity (Wildman–Crippen MR) is 107 cm³/mol. The van der Waals surface area contributed by atoms with Crippen LogP contribution in [0.15, 0.2) is 53.6 Å². The minimum Gasteiger partial charge on any atom is -0.507 e. The number of aromatic nitrogens is 1. The van der Waals surface area contributed by atoms with E-state index in [9.17, 15) is 22.7 Å². The highest BCUT2D eigenvalue weighted by Gasteiger charge is 2.21. The molecule has 0 aliphatic heterocycles. The summed E-state index contributed by atoms with van der Waals surface area (Å²) in [5, 5.41) is 18.6. The predicted octanol–water partition coefficient (Wildman–Crippen LogP) is 3.75. The van der Waals surface area contributed by atoms with Crippen molar-refractivity contribution in [3.63, 3.8) is 0 Å². The number of hydrogen-bond donors (Lipinski definition) is 3. The average molecular weight is 453 g/mol. The van der Waals surface area contributed by atoms with Crippen molar-refractivity contribution in [2.75, 3.05) is 11.8 Å². The molecule has 0 unspecified atom stereocenters. The number of nitrogens with zero attached hydrogens (tertiary/aromatic N) is 1. The number of aromatic hydroxyl groups is 1. The number of ether oxygens (including phenoxy) is 1. The molecular formula is C19H14ClFN2O6S. The number of methoxy groups -OCH3 is 1. The van der Waals surface area contributed by atoms with Crippen molar-refractivity contribution in [3.05, 3.63) is 65.2 Å². The second kappa shape index (κ2) is 8.17. The highest BCUT2D eigenvalue weighted by molar-refractivity contribution is 7.92. The fourth-order valence-corrected chi connectivity index (χ4v) is 3.86. The van der Waals surface area contributed by atoms with Gasteiger partial charge in [0.2, 0.25) is 0 Å². The first-order chi connectivity index (χ1) is 14.1. The third kappa shape index (κ3) is 4.14. The average Bonchev–Trinajstić information content (AvgIpc) is 2.68. The van der Waals surface area contributed by atoms with Gasteiger partial charge < -0.3 is 14.9 Å². The van der Waals surface area contributed by atoms with E-state index in [1.807, 2.05) is 0 Å². The van der Waals surface area contributed by atoms with Crippen LogP contribution in [0, 0.1) is 5.82 Å². The van der Waals surface area contributed by atoms with Crippen LogP contribution >= 0.6 is 11.6 Å². The van der Waals surface area contributed by atoms with Crippen LogP contribution < -0.4 is 9.46 Å². The van der Waals surface area contributed by atoms with Gasteiger partial charge in [-0.25, -0.2) is 22.6 Å². The number of anilines is 1. The quantitative estimate of drug-likeness (QED) is 0.486. The highest BCUT2D eigenvalue weighted by Crippen LogP contribution is 2.34. The summed E-state index contributed by atoms with van der Waals surface area (Å²) in [6.45, 7) is 0. The second-order valence-corrected chi connectivity index (χ2v) is 8.01. The van der Waals surface area contributed by atoms with Crippen molar-refractivity contribution >= 4 is 33.3 Å². The zero-order valence-corrected chi connectivity index (χ0v) is 16.8. The molecule has 0 saturated heterocycles. The van der Waals surface area contributed by atoms with E-state index in [2.05, 4.69) is 9.71 Å². The Kier molecular flexibility index (Phi) is 5.81. The van der Waals surface area contributed by atoms with Crippen molar-refractivity contribution in [3.8, 4) is 22.6 Å². The summed E-state index contributed by atoms with van der Waals surface area (Å²) < 4.78 is 47.2. The Balaban J connectivity index is 2.01. The maximum absolute atomic E-state index is 14.6. The number of phenols is 1. The van der Waals surface area contributed by atoms with Crippen LogP contribution in [0.1, 0.15) is 10.4 Å². The van der Waals surface area contributed by atoms with Crippen LogP contribution in [0.4, 0.5) is 10.1 Å². The number of halogens is 2. The molecule has 0 atom stereocenters. The topological polar surface area (TPSA) is 126 Å². The van der Waals surface area contributed by atoms with Crippen molar-refractivity contribution in [1.82, 2.24) is 4.98 Å². The summed E-state index contributed by atoms with van der Waals surface area (Å²) in [5.74, 6) is -2.77. The minimum absolute atomic E-state index is 0.00708. The number of hydrogen-bond acceptors (Lipinski definition) is 6. The van der Waals surface area contributed by atoms with Gasteiger partial charge >= 0.3 is 5.97 Å². The molecule has 0 aliphatic carbocycles. The Bertz CT molecular complexity index is 1250. The van der Waals surface area contributed by atoms with Crippen molar-refractivity contribution < 1.29 is 32.6 Å². The largest absolute Gasteiger partial charge is 0.507 e. The first-order valence-corrected chi connectivity index (χ1v) is 10.1. The maximum atomic E-state index is 14.6. The molecule has 0 spiro atoms. The minimum atomic E-state index is -4.22. The van der Waals surface area contributed by atoms with Gasteiger partial charge in [-0.1, -0.05) is 23.7 Å². The number of rotatable bonds is 6. The number of aromatic carboxylic acids is 1. The number of nitrogens with one attached hydrogen (secondary N) is 1. The molecule has 0 fully saturated rings. The Hall–Kier alpha value is -3.37. The zero-order valence-electron chi connectivity index (χ0n) is 15.3. The summed E-state index contributed by atoms with van der Waals surface area (Å²) in [6, 6.07) is 8.62. The molecule has 11 heteroatoms. The molecule has 156 valence electrons. The zero-order chi connectivity index (χ0) is 22.1. The maximum Gasteiger partial charge on any atom is 0.339 e. The molecule has 1 aromatic heterocycles. The van der Waals surface area contributed by atoms with Crippen molar-refractivity contribution in [1.29, 1.82) is 0 Å². The standard InChI is InChI=1S/C19H14ClFN2O6S/c1-29-16-4-2-3-12(17(16)21)14-8-11(9-22-18(14)20)30(27,28)23-10-5-6-13(19(25)26)15(24)7-10/h2-9,23-24H,1H3,(H,25,26). The summed E-state index contributed by atoms with van der Waals surface area (Å²) in [7, 11) is -2.93. The molecule has 0 saturated carbocycles. The Morgan fingerprint density at radius 3 is 2.57 bits per heavy atom. The normalized spacial score (nSPS) is 11.2. The van der Waals surface area contributed by atoms with Crippen molar-refractivity contribution in [2.45, 2.75) is 4.90 Å². The van der Waals surface area contributed by atoms with E-state index in [4.69, 9.17) is 21.4 Å². The lowest BCUT2D eigenvalue weighted by molar-refractivity contribution is 0.0693. The number of carboxylic acid groups (broad SMARTS) is 1. The van der Waals surface area contributed by atoms with E-state index in [1.54, 1.807) is 0 Å². The molecule has 0 aliphatic rings. The Morgan fingerprint density at radius 2 is 1.93 bits per heavy atom. The summed E-state index contributed by atoms with van der Waals surface area (Å²) in [4.78, 5) is 14.5. The molecule has 0 amide bonds. The van der Waals surface area contributed by atoms with Gasteiger partial charge in [0.15, 0.2) is 11.6 Å². The lowest BCUT2D eigenvalue weighted by atomic mass is 10.1. The third-order valence-electron chi connectivity index (χ3n) is 4.08. The summed E-state index contributed by atoms with van der Waals surface area (Å²) >= 11 is 6.05. The SMILES string of the molecule is COc1cccc(-c2cc(S(=O)(=O)Nc3ccc(C(=O)O)c(O)c3)cnc2Cl)c1F. The van der Waals surface area contributed by atoms with Gasteiger partial charge in [0, 0.05) is 23.4 Å². The monoisotopic (exact) mass is 452 g/mol. The molecular weight excluding hydrogens is 439 g/mol. The lowest BCUT2D eigenvalue weighted by Gasteiger charge is -2.12. The third-order valence-corrected chi connectivity index (χ3v) is 5.73. The van der Waals surface area contributed by atoms with Crippen LogP contribution in [-0.2, 0) is 10.0 Å². The van der Waals surface area contributed by atoms with Gasteiger partial charge in [0.05, 0.1) is 12.8 Å². The van der Waals surface area contributed by atoms with E-state index < -0.39 is 27.6 Å². The van der Waals surface area contributed by atoms with E-state index >= 15 is 0 Å². The van der Waals surface area contributed by atoms with Gasteiger partial charge in [-0.2, -0.15) is 0 Å². The highest BCUT2D eigenvalue weighted by atomic mass is 35.5. The smallest absolute Gasteiger partial charge is 0.339 e. The van der Waals surface area contributed by atoms with E-state index in [0.29, 0.717) is 0 Å². The summed E-state index contributed by atoms with van der Waals surface area (Å²) in [6.07, 6.45) is 0.984. The van der Waals surface area contributed by atoms with Crippen LogP contribution in [0.25, 0.3) is 11.1 Å². The van der Waals surface area contributed by atoms with Crippen LogP contribution in [0.3, 0.4) is 0 Å². The van der Waals surface area contributed by atoms with E-state index in [-0.39, 0.29) is 38.2 Å². The van der Waals surface area contributed by atoms with E-state index in [1.165, 1.54) is 31.4 Å². The molecule has 8 nitrogen and oxygen atoms in total.